The zero-order valence-electron chi connectivity index (χ0n) is 17.5. The number of hydrogen-bond donors (Lipinski definition) is 1. The number of hydrogen-bond acceptors (Lipinski definition) is 6. The molecule has 0 saturated carbocycles. The van der Waals surface area contributed by atoms with Gasteiger partial charge in [0.25, 0.3) is 11.7 Å². The standard InChI is InChI=1S/C23H27N3O4/c1-4-14-30-18-9-7-16(8-10-18)21(27)19-20(17-6-5-11-24-15-17)26(13-12-25(2)3)23(29)22(19)28/h5-11,15,20,27H,4,12-14H2,1-3H3/b21-19-. The number of ketones is 1. The molecule has 1 aromatic carbocycles. The van der Waals surface area contributed by atoms with Crippen LogP contribution in [0.25, 0.3) is 5.76 Å². The van der Waals surface area contributed by atoms with Gasteiger partial charge < -0.3 is 19.6 Å². The van der Waals surface area contributed by atoms with Crippen molar-refractivity contribution < 1.29 is 19.4 Å². The van der Waals surface area contributed by atoms with Crippen molar-refractivity contribution in [3.63, 3.8) is 0 Å². The molecule has 1 unspecified atom stereocenters. The summed E-state index contributed by atoms with van der Waals surface area (Å²) in [4.78, 5) is 33.3. The summed E-state index contributed by atoms with van der Waals surface area (Å²) < 4.78 is 5.58. The number of pyridine rings is 1. The SMILES string of the molecule is CCCOc1ccc(/C(O)=C2/C(=O)C(=O)N(CCN(C)C)C2c2cccnc2)cc1. The average molecular weight is 409 g/mol. The molecule has 1 atom stereocenters. The van der Waals surface area contributed by atoms with Crippen LogP contribution in [0.5, 0.6) is 5.75 Å². The van der Waals surface area contributed by atoms with Crippen molar-refractivity contribution in [2.24, 2.45) is 0 Å². The van der Waals surface area contributed by atoms with Crippen LogP contribution in [0.2, 0.25) is 0 Å². The van der Waals surface area contributed by atoms with E-state index in [4.69, 9.17) is 4.74 Å². The molecular formula is C23H27N3O4. The summed E-state index contributed by atoms with van der Waals surface area (Å²) in [5, 5.41) is 11.0. The monoisotopic (exact) mass is 409 g/mol. The Kier molecular flexibility index (Phi) is 6.84. The summed E-state index contributed by atoms with van der Waals surface area (Å²) in [5.74, 6) is -0.818. The van der Waals surface area contributed by atoms with Crippen molar-refractivity contribution in [3.8, 4) is 5.75 Å². The number of rotatable bonds is 8. The van der Waals surface area contributed by atoms with Crippen LogP contribution >= 0.6 is 0 Å². The summed E-state index contributed by atoms with van der Waals surface area (Å²) in [6, 6.07) is 9.73. The minimum absolute atomic E-state index is 0.0778. The van der Waals surface area contributed by atoms with Gasteiger partial charge in [0.05, 0.1) is 18.2 Å². The molecule has 30 heavy (non-hydrogen) atoms. The molecule has 1 saturated heterocycles. The van der Waals surface area contributed by atoms with Crippen molar-refractivity contribution in [3.05, 3.63) is 65.5 Å². The number of amides is 1. The second kappa shape index (κ2) is 9.54. The number of nitrogens with zero attached hydrogens (tertiary/aromatic N) is 3. The number of aliphatic hydroxyl groups is 1. The Hall–Kier alpha value is -3.19. The summed E-state index contributed by atoms with van der Waals surface area (Å²) >= 11 is 0. The highest BCUT2D eigenvalue weighted by Crippen LogP contribution is 2.39. The Morgan fingerprint density at radius 2 is 1.93 bits per heavy atom. The average Bonchev–Trinajstić information content (AvgIpc) is 3.01. The van der Waals surface area contributed by atoms with Crippen molar-refractivity contribution >= 4 is 17.4 Å². The summed E-state index contributed by atoms with van der Waals surface area (Å²) in [5.41, 5.74) is 1.22. The maximum Gasteiger partial charge on any atom is 0.295 e. The third-order valence-corrected chi connectivity index (χ3v) is 4.93. The third kappa shape index (κ3) is 4.52. The van der Waals surface area contributed by atoms with E-state index in [0.29, 0.717) is 36.6 Å². The molecule has 1 fully saturated rings. The van der Waals surface area contributed by atoms with E-state index in [1.54, 1.807) is 48.8 Å². The van der Waals surface area contributed by atoms with Gasteiger partial charge in [0.1, 0.15) is 11.5 Å². The molecule has 7 nitrogen and oxygen atoms in total. The van der Waals surface area contributed by atoms with E-state index in [2.05, 4.69) is 4.98 Å². The number of benzene rings is 1. The zero-order valence-corrected chi connectivity index (χ0v) is 17.5. The van der Waals surface area contributed by atoms with Gasteiger partial charge in [-0.05, 0) is 56.4 Å². The topological polar surface area (TPSA) is 83.0 Å². The quantitative estimate of drug-likeness (QED) is 0.410. The van der Waals surface area contributed by atoms with Gasteiger partial charge in [-0.3, -0.25) is 14.6 Å². The molecule has 7 heteroatoms. The smallest absolute Gasteiger partial charge is 0.295 e. The van der Waals surface area contributed by atoms with Crippen molar-refractivity contribution in [1.29, 1.82) is 0 Å². The van der Waals surface area contributed by atoms with Crippen LogP contribution < -0.4 is 4.74 Å². The molecular weight excluding hydrogens is 382 g/mol. The predicted octanol–water partition coefficient (Wildman–Crippen LogP) is 2.85. The Labute approximate surface area is 176 Å². The molecule has 0 aliphatic carbocycles. The van der Waals surface area contributed by atoms with Gasteiger partial charge in [-0.2, -0.15) is 0 Å². The molecule has 2 aromatic rings. The van der Waals surface area contributed by atoms with E-state index in [9.17, 15) is 14.7 Å². The largest absolute Gasteiger partial charge is 0.507 e. The van der Waals surface area contributed by atoms with Gasteiger partial charge >= 0.3 is 0 Å². The first-order valence-electron chi connectivity index (χ1n) is 10.00. The maximum absolute atomic E-state index is 12.9. The van der Waals surface area contributed by atoms with Crippen LogP contribution in [-0.4, -0.2) is 65.4 Å². The summed E-state index contributed by atoms with van der Waals surface area (Å²) in [6.07, 6.45) is 4.14. The molecule has 0 bridgehead atoms. The zero-order chi connectivity index (χ0) is 21.7. The highest BCUT2D eigenvalue weighted by atomic mass is 16.5. The highest BCUT2D eigenvalue weighted by Gasteiger charge is 2.45. The fraction of sp³-hybridized carbons (Fsp3) is 0.348. The molecule has 1 aliphatic heterocycles. The lowest BCUT2D eigenvalue weighted by molar-refractivity contribution is -0.140. The number of likely N-dealkylation sites (tertiary alicyclic amines) is 1. The second-order valence-electron chi connectivity index (χ2n) is 7.45. The first-order valence-corrected chi connectivity index (χ1v) is 10.00. The Morgan fingerprint density at radius 1 is 1.20 bits per heavy atom. The van der Waals surface area contributed by atoms with Crippen LogP contribution in [0.1, 0.15) is 30.5 Å². The fourth-order valence-electron chi connectivity index (χ4n) is 3.39. The number of aliphatic hydroxyl groups excluding tert-OH is 1. The number of carbonyl (C=O) groups is 2. The molecule has 1 aromatic heterocycles. The Bertz CT molecular complexity index is 923. The lowest BCUT2D eigenvalue weighted by atomic mass is 9.96. The molecule has 158 valence electrons. The van der Waals surface area contributed by atoms with E-state index in [0.717, 1.165) is 6.42 Å². The first-order chi connectivity index (χ1) is 14.4. The minimum Gasteiger partial charge on any atom is -0.507 e. The fourth-order valence-corrected chi connectivity index (χ4v) is 3.39. The predicted molar refractivity (Wildman–Crippen MR) is 114 cm³/mol. The highest BCUT2D eigenvalue weighted by molar-refractivity contribution is 6.46. The van der Waals surface area contributed by atoms with Gasteiger partial charge in [0.15, 0.2) is 0 Å². The molecule has 1 aliphatic rings. The van der Waals surface area contributed by atoms with Crippen LogP contribution in [0.4, 0.5) is 0 Å². The van der Waals surface area contributed by atoms with E-state index in [1.807, 2.05) is 25.9 Å². The first kappa shape index (κ1) is 21.5. The number of Topliss-reactive ketones (excluding diaryl/α,β-unsaturated/α-hetero) is 1. The second-order valence-corrected chi connectivity index (χ2v) is 7.45. The number of carbonyl (C=O) groups excluding carboxylic acids is 2. The molecule has 1 amide bonds. The van der Waals surface area contributed by atoms with E-state index >= 15 is 0 Å². The van der Waals surface area contributed by atoms with E-state index in [-0.39, 0.29) is 11.3 Å². The van der Waals surface area contributed by atoms with Crippen LogP contribution in [-0.2, 0) is 9.59 Å². The lowest BCUT2D eigenvalue weighted by Crippen LogP contribution is -2.35. The Morgan fingerprint density at radius 3 is 2.53 bits per heavy atom. The van der Waals surface area contributed by atoms with E-state index < -0.39 is 17.7 Å². The van der Waals surface area contributed by atoms with Gasteiger partial charge in [-0.15, -0.1) is 0 Å². The minimum atomic E-state index is -0.689. The summed E-state index contributed by atoms with van der Waals surface area (Å²) in [6.45, 7) is 3.57. The number of ether oxygens (including phenoxy) is 1. The van der Waals surface area contributed by atoms with Gasteiger partial charge in [0.2, 0.25) is 0 Å². The molecule has 0 radical (unpaired) electrons. The van der Waals surface area contributed by atoms with Crippen molar-refractivity contribution in [1.82, 2.24) is 14.8 Å². The number of aromatic nitrogens is 1. The molecule has 2 heterocycles. The molecule has 1 N–H and O–H groups in total. The van der Waals surface area contributed by atoms with Gasteiger partial charge in [-0.25, -0.2) is 0 Å². The van der Waals surface area contributed by atoms with Crippen molar-refractivity contribution in [2.45, 2.75) is 19.4 Å². The molecule has 0 spiro atoms. The number of likely N-dealkylation sites (N-methyl/N-ethyl adjacent to an activating group) is 1. The lowest BCUT2D eigenvalue weighted by Gasteiger charge is -2.26. The van der Waals surface area contributed by atoms with Gasteiger partial charge in [-0.1, -0.05) is 13.0 Å². The molecule has 3 rings (SSSR count). The van der Waals surface area contributed by atoms with Crippen LogP contribution in [0.15, 0.2) is 54.4 Å². The van der Waals surface area contributed by atoms with E-state index in [1.165, 1.54) is 4.90 Å². The summed E-state index contributed by atoms with van der Waals surface area (Å²) in [7, 11) is 3.80. The third-order valence-electron chi connectivity index (χ3n) is 4.93. The van der Waals surface area contributed by atoms with Crippen LogP contribution in [0, 0.1) is 0 Å². The van der Waals surface area contributed by atoms with Crippen LogP contribution in [0.3, 0.4) is 0 Å². The van der Waals surface area contributed by atoms with Crippen molar-refractivity contribution in [2.75, 3.05) is 33.8 Å². The maximum atomic E-state index is 12.9. The normalized spacial score (nSPS) is 18.3. The van der Waals surface area contributed by atoms with Gasteiger partial charge in [0, 0.05) is 31.0 Å². The Balaban J connectivity index is 2.03.